The molecule has 10 nitrogen and oxygen atoms in total. The third kappa shape index (κ3) is 3.75. The molecule has 2 N–H and O–H groups in total. The van der Waals surface area contributed by atoms with Crippen LogP contribution >= 0.6 is 0 Å². The monoisotopic (exact) mass is 372 g/mol. The van der Waals surface area contributed by atoms with Crippen LogP contribution in [0.25, 0.3) is 0 Å². The van der Waals surface area contributed by atoms with E-state index in [4.69, 9.17) is 14.6 Å². The Labute approximate surface area is 145 Å². The molecule has 2 aliphatic heterocycles. The van der Waals surface area contributed by atoms with Gasteiger partial charge in [0.05, 0.1) is 35.7 Å². The second kappa shape index (κ2) is 6.84. The van der Waals surface area contributed by atoms with E-state index in [0.717, 1.165) is 12.6 Å². The number of primary sulfonamides is 1. The van der Waals surface area contributed by atoms with Crippen molar-refractivity contribution in [1.82, 2.24) is 4.90 Å². The van der Waals surface area contributed by atoms with E-state index in [1.54, 1.807) is 11.9 Å². The summed E-state index contributed by atoms with van der Waals surface area (Å²) in [5.74, 6) is 0. The minimum absolute atomic E-state index is 0.272. The molecule has 1 aromatic carbocycles. The summed E-state index contributed by atoms with van der Waals surface area (Å²) in [6, 6.07) is 3.96. The van der Waals surface area contributed by atoms with Gasteiger partial charge in [0, 0.05) is 26.2 Å². The van der Waals surface area contributed by atoms with Gasteiger partial charge in [-0.25, -0.2) is 13.6 Å². The van der Waals surface area contributed by atoms with Crippen LogP contribution in [0.3, 0.4) is 0 Å². The van der Waals surface area contributed by atoms with E-state index in [1.807, 2.05) is 0 Å². The van der Waals surface area contributed by atoms with Crippen LogP contribution < -0.4 is 10.0 Å². The number of hydrogen-bond acceptors (Lipinski definition) is 8. The van der Waals surface area contributed by atoms with E-state index in [2.05, 4.69) is 4.90 Å². The van der Waals surface area contributed by atoms with E-state index < -0.39 is 14.9 Å². The van der Waals surface area contributed by atoms with Crippen molar-refractivity contribution in [1.29, 1.82) is 0 Å². The van der Waals surface area contributed by atoms with Crippen LogP contribution in [-0.4, -0.2) is 70.5 Å². The predicted octanol–water partition coefficient (Wildman–Crippen LogP) is -0.264. The summed E-state index contributed by atoms with van der Waals surface area (Å²) in [4.78, 5) is 14.4. The lowest BCUT2D eigenvalue weighted by Crippen LogP contribution is -2.58. The van der Waals surface area contributed by atoms with E-state index in [0.29, 0.717) is 32.4 Å². The van der Waals surface area contributed by atoms with Crippen molar-refractivity contribution in [2.75, 3.05) is 44.9 Å². The van der Waals surface area contributed by atoms with Gasteiger partial charge in [0.2, 0.25) is 10.0 Å². The number of nitrogens with zero attached hydrogens (tertiary/aromatic N) is 3. The molecule has 1 atom stereocenters. The first-order valence-corrected chi connectivity index (χ1v) is 9.29. The number of hydrogen-bond donors (Lipinski definition) is 1. The molecule has 2 heterocycles. The maximum Gasteiger partial charge on any atom is 0.293 e. The fraction of sp³-hybridized carbons (Fsp3) is 0.571. The Kier molecular flexibility index (Phi) is 4.93. The highest BCUT2D eigenvalue weighted by Gasteiger charge is 2.34. The normalized spacial score (nSPS) is 22.4. The van der Waals surface area contributed by atoms with Crippen LogP contribution in [-0.2, 0) is 19.5 Å². The minimum atomic E-state index is -4.02. The largest absolute Gasteiger partial charge is 0.378 e. The predicted molar refractivity (Wildman–Crippen MR) is 88.8 cm³/mol. The molecule has 25 heavy (non-hydrogen) atoms. The van der Waals surface area contributed by atoms with Crippen molar-refractivity contribution in [2.45, 2.75) is 17.2 Å². The first-order valence-electron chi connectivity index (χ1n) is 7.75. The second-order valence-electron chi connectivity index (χ2n) is 6.08. The molecule has 11 heteroatoms. The zero-order valence-electron chi connectivity index (χ0n) is 13.7. The zero-order chi connectivity index (χ0) is 18.2. The molecule has 2 saturated heterocycles. The molecule has 1 unspecified atom stereocenters. The van der Waals surface area contributed by atoms with Gasteiger partial charge in [-0.15, -0.1) is 0 Å². The van der Waals surface area contributed by atoms with E-state index >= 15 is 0 Å². The molecule has 0 bridgehead atoms. The summed E-state index contributed by atoms with van der Waals surface area (Å²) in [5, 5.41) is 16.5. The van der Waals surface area contributed by atoms with E-state index in [-0.39, 0.29) is 22.5 Å². The van der Waals surface area contributed by atoms with Crippen molar-refractivity contribution in [3.63, 3.8) is 0 Å². The Hall–Kier alpha value is -1.79. The first-order chi connectivity index (χ1) is 11.8. The van der Waals surface area contributed by atoms with Crippen molar-refractivity contribution < 1.29 is 22.8 Å². The van der Waals surface area contributed by atoms with Gasteiger partial charge in [-0.2, -0.15) is 0 Å². The van der Waals surface area contributed by atoms with Gasteiger partial charge in [0.25, 0.3) is 5.69 Å². The molecular weight excluding hydrogens is 352 g/mol. The lowest BCUT2D eigenvalue weighted by molar-refractivity contribution is -0.384. The number of likely N-dealkylation sites (N-methyl/N-ethyl adjacent to an activating group) is 1. The summed E-state index contributed by atoms with van der Waals surface area (Å²) >= 11 is 0. The fourth-order valence-corrected chi connectivity index (χ4v) is 3.46. The number of nitrogens with two attached hydrogens (primary N) is 1. The standard InChI is InChI=1S/C14H20N4O6S/c1-16(14-7-17(4-5-24-14)10-8-23-9-10)12-3-2-11(25(15,21)22)6-13(12)18(19)20/h2-3,6,10,14H,4-5,7-9H2,1H3,(H2,15,21,22). The molecule has 0 aromatic heterocycles. The van der Waals surface area contributed by atoms with Gasteiger partial charge in [-0.3, -0.25) is 15.0 Å². The maximum absolute atomic E-state index is 11.4. The van der Waals surface area contributed by atoms with E-state index in [1.165, 1.54) is 12.1 Å². The lowest BCUT2D eigenvalue weighted by atomic mass is 10.2. The fourth-order valence-electron chi connectivity index (χ4n) is 2.93. The summed E-state index contributed by atoms with van der Waals surface area (Å²) in [7, 11) is -2.33. The maximum atomic E-state index is 11.4. The quantitative estimate of drug-likeness (QED) is 0.553. The number of benzene rings is 1. The number of ether oxygens (including phenoxy) is 2. The van der Waals surface area contributed by atoms with E-state index in [9.17, 15) is 18.5 Å². The van der Waals surface area contributed by atoms with Crippen molar-refractivity contribution in [3.8, 4) is 0 Å². The minimum Gasteiger partial charge on any atom is -0.378 e. The Balaban J connectivity index is 1.85. The number of nitro benzene ring substituents is 1. The molecule has 1 aromatic rings. The molecule has 138 valence electrons. The summed E-state index contributed by atoms with van der Waals surface area (Å²) in [6.07, 6.45) is -0.381. The summed E-state index contributed by atoms with van der Waals surface area (Å²) < 4.78 is 33.9. The van der Waals surface area contributed by atoms with Crippen molar-refractivity contribution in [2.24, 2.45) is 5.14 Å². The van der Waals surface area contributed by atoms with Gasteiger partial charge in [0.1, 0.15) is 11.9 Å². The third-order valence-corrected chi connectivity index (χ3v) is 5.41. The van der Waals surface area contributed by atoms with Crippen molar-refractivity contribution >= 4 is 21.4 Å². The summed E-state index contributed by atoms with van der Waals surface area (Å²) in [5.41, 5.74) is -0.0594. The zero-order valence-corrected chi connectivity index (χ0v) is 14.5. The Bertz CT molecular complexity index is 767. The first kappa shape index (κ1) is 18.0. The van der Waals surface area contributed by atoms with Crippen LogP contribution in [0.1, 0.15) is 0 Å². The van der Waals surface area contributed by atoms with Crippen LogP contribution in [0.15, 0.2) is 23.1 Å². The van der Waals surface area contributed by atoms with Gasteiger partial charge in [0.15, 0.2) is 0 Å². The van der Waals surface area contributed by atoms with Gasteiger partial charge >= 0.3 is 0 Å². The molecule has 2 aliphatic rings. The van der Waals surface area contributed by atoms with Crippen molar-refractivity contribution in [3.05, 3.63) is 28.3 Å². The Morgan fingerprint density at radius 1 is 1.40 bits per heavy atom. The average molecular weight is 372 g/mol. The van der Waals surface area contributed by atoms with Crippen LogP contribution in [0.2, 0.25) is 0 Å². The Morgan fingerprint density at radius 3 is 2.68 bits per heavy atom. The molecule has 0 saturated carbocycles. The average Bonchev–Trinajstić information content (AvgIpc) is 2.51. The number of rotatable bonds is 5. The van der Waals surface area contributed by atoms with Gasteiger partial charge in [-0.05, 0) is 12.1 Å². The molecule has 2 fully saturated rings. The van der Waals surface area contributed by atoms with Crippen LogP contribution in [0.4, 0.5) is 11.4 Å². The molecule has 0 amide bonds. The van der Waals surface area contributed by atoms with Gasteiger partial charge in [-0.1, -0.05) is 0 Å². The topological polar surface area (TPSA) is 128 Å². The smallest absolute Gasteiger partial charge is 0.293 e. The number of anilines is 1. The third-order valence-electron chi connectivity index (χ3n) is 4.50. The Morgan fingerprint density at radius 2 is 2.12 bits per heavy atom. The highest BCUT2D eigenvalue weighted by Crippen LogP contribution is 2.32. The summed E-state index contributed by atoms with van der Waals surface area (Å²) in [6.45, 7) is 3.23. The number of nitro groups is 1. The lowest BCUT2D eigenvalue weighted by Gasteiger charge is -2.44. The molecule has 0 aliphatic carbocycles. The molecule has 3 rings (SSSR count). The number of morpholine rings is 1. The molecule has 0 radical (unpaired) electrons. The molecular formula is C14H20N4O6S. The highest BCUT2D eigenvalue weighted by molar-refractivity contribution is 7.89. The van der Waals surface area contributed by atoms with Crippen LogP contribution in [0.5, 0.6) is 0 Å². The molecule has 0 spiro atoms. The number of sulfonamides is 1. The highest BCUT2D eigenvalue weighted by atomic mass is 32.2. The van der Waals surface area contributed by atoms with Crippen LogP contribution in [0, 0.1) is 10.1 Å². The van der Waals surface area contributed by atoms with Gasteiger partial charge < -0.3 is 14.4 Å². The second-order valence-corrected chi connectivity index (χ2v) is 7.64. The SMILES string of the molecule is CN(c1ccc(S(N)(=O)=O)cc1[N+](=O)[O-])C1CN(C2COC2)CCO1.